The van der Waals surface area contributed by atoms with E-state index in [-0.39, 0.29) is 38.3 Å². The van der Waals surface area contributed by atoms with Gasteiger partial charge in [-0.3, -0.25) is 4.99 Å². The Kier molecular flexibility index (Phi) is 14.3. The first-order chi connectivity index (χ1) is 26.9. The predicted molar refractivity (Wildman–Crippen MR) is 221 cm³/mol. The third-order valence-electron chi connectivity index (χ3n) is 9.18. The van der Waals surface area contributed by atoms with Crippen LogP contribution in [0.1, 0.15) is 63.1 Å². The van der Waals surface area contributed by atoms with E-state index in [9.17, 15) is 22.2 Å². The monoisotopic (exact) mass is 847 g/mol. The van der Waals surface area contributed by atoms with Gasteiger partial charge < -0.3 is 19.5 Å². The van der Waals surface area contributed by atoms with Crippen LogP contribution in [-0.2, 0) is 20.5 Å². The van der Waals surface area contributed by atoms with E-state index in [1.54, 1.807) is 19.9 Å². The van der Waals surface area contributed by atoms with Crippen LogP contribution in [0.25, 0.3) is 10.9 Å². The number of anilines is 1. The van der Waals surface area contributed by atoms with Gasteiger partial charge >= 0.3 is 11.6 Å². The average Bonchev–Trinajstić information content (AvgIpc) is 3.16. The van der Waals surface area contributed by atoms with Crippen LogP contribution in [0.2, 0.25) is 10.0 Å². The molecule has 2 heterocycles. The van der Waals surface area contributed by atoms with Crippen molar-refractivity contribution in [3.05, 3.63) is 112 Å². The minimum Gasteiger partial charge on any atom is -0.469 e. The van der Waals surface area contributed by atoms with Crippen LogP contribution in [0, 0.1) is 0 Å². The van der Waals surface area contributed by atoms with Gasteiger partial charge in [-0.15, -0.1) is 0 Å². The summed E-state index contributed by atoms with van der Waals surface area (Å²) in [5.41, 5.74) is -2.37. The molecule has 0 spiro atoms. The Morgan fingerprint density at radius 2 is 1.54 bits per heavy atom. The van der Waals surface area contributed by atoms with Crippen LogP contribution >= 0.6 is 23.2 Å². The third-order valence-corrected chi connectivity index (χ3v) is 10.9. The highest BCUT2D eigenvalue weighted by Gasteiger charge is 2.42. The fraction of sp³-hybridized carbons (Fsp3) is 0.390. The quantitative estimate of drug-likeness (QED) is 0.0722. The lowest BCUT2D eigenvalue weighted by Gasteiger charge is -2.33. The van der Waals surface area contributed by atoms with E-state index >= 15 is 0 Å². The molecule has 4 aromatic rings. The van der Waals surface area contributed by atoms with E-state index in [2.05, 4.69) is 16.9 Å². The number of amides is 1. The van der Waals surface area contributed by atoms with Gasteiger partial charge in [0.15, 0.2) is 0 Å². The molecule has 16 heteroatoms. The van der Waals surface area contributed by atoms with E-state index in [0.717, 1.165) is 31.3 Å². The van der Waals surface area contributed by atoms with Gasteiger partial charge in [0.2, 0.25) is 16.9 Å². The largest absolute Gasteiger partial charge is 0.485 e. The molecule has 3 aromatic carbocycles. The number of pyridine rings is 1. The van der Waals surface area contributed by atoms with Gasteiger partial charge in [0.1, 0.15) is 12.2 Å². The van der Waals surface area contributed by atoms with E-state index in [1.807, 2.05) is 80.6 Å². The molecule has 1 atom stereocenters. The number of alkyl halides is 3. The van der Waals surface area contributed by atoms with Crippen LogP contribution < -0.4 is 10.1 Å². The molecule has 1 saturated heterocycles. The number of piperidine rings is 1. The highest BCUT2D eigenvalue weighted by molar-refractivity contribution is 7.83. The maximum absolute atomic E-state index is 13.2. The molecule has 57 heavy (non-hydrogen) atoms. The van der Waals surface area contributed by atoms with Crippen molar-refractivity contribution < 1.29 is 36.4 Å². The van der Waals surface area contributed by atoms with Crippen LogP contribution in [0.3, 0.4) is 0 Å². The number of fused-ring (bicyclic) bond motifs is 1. The first-order valence-electron chi connectivity index (χ1n) is 18.2. The molecule has 306 valence electrons. The van der Waals surface area contributed by atoms with Crippen molar-refractivity contribution in [2.24, 2.45) is 4.99 Å². The second kappa shape index (κ2) is 18.6. The maximum atomic E-state index is 13.2. The summed E-state index contributed by atoms with van der Waals surface area (Å²) >= 11 is 12.5. The van der Waals surface area contributed by atoms with E-state index in [1.165, 1.54) is 19.6 Å². The van der Waals surface area contributed by atoms with Gasteiger partial charge in [0, 0.05) is 65.5 Å². The molecule has 1 unspecified atom stereocenters. The zero-order chi connectivity index (χ0) is 41.5. The van der Waals surface area contributed by atoms with Gasteiger partial charge in [-0.05, 0) is 93.6 Å². The number of halogens is 5. The average molecular weight is 849 g/mol. The van der Waals surface area contributed by atoms with E-state index < -0.39 is 33.8 Å². The molecule has 1 aliphatic heterocycles. The minimum absolute atomic E-state index is 0.00387. The Morgan fingerprint density at radius 3 is 2.09 bits per heavy atom. The number of nitrogens with zero attached hydrogens (tertiary/aromatic N) is 4. The zero-order valence-electron chi connectivity index (χ0n) is 32.3. The molecule has 1 aliphatic rings. The number of hydrogen-bond donors (Lipinski definition) is 1. The van der Waals surface area contributed by atoms with Gasteiger partial charge in [-0.1, -0.05) is 60.1 Å². The van der Waals surface area contributed by atoms with Crippen molar-refractivity contribution in [2.45, 2.75) is 69.2 Å². The summed E-state index contributed by atoms with van der Waals surface area (Å²) in [6.07, 6.45) is 2.58. The summed E-state index contributed by atoms with van der Waals surface area (Å²) in [5.74, 6) is 0.0882. The summed E-state index contributed by atoms with van der Waals surface area (Å²) < 4.78 is 70.8. The summed E-state index contributed by atoms with van der Waals surface area (Å²) in [4.78, 5) is 22.2. The smallest absolute Gasteiger partial charge is 0.469 e. The topological polar surface area (TPSA) is 106 Å². The number of ether oxygens (including phenoxy) is 3. The molecule has 1 N–H and O–H groups in total. The fourth-order valence-electron chi connectivity index (χ4n) is 6.32. The standard InChI is InChI=1S/C41H46Cl2F3N5O5S/c1-7-50(26-47-6)38(52)54-24-39(2,3)55-25-40(4,5)56-36-23-35(48-32-18-20-51(21-19-32)57(53)41(44,45)46)33-22-29(12-17-34(33)49-36)37(27-8-13-30(42)14-9-27)28-10-15-31(43)16-11-28/h7-17,22-23,26,32,37H,1,18-21,24-25H2,2-6H3,(H,48,49). The number of aliphatic imine (C=N–C) groups is 1. The Labute approximate surface area is 343 Å². The number of nitrogens with one attached hydrogen (secondary N) is 1. The Balaban J connectivity index is 1.44. The Bertz CT molecular complexity index is 2030. The summed E-state index contributed by atoms with van der Waals surface area (Å²) in [6.45, 7) is 10.9. The fourth-order valence-corrected chi connectivity index (χ4v) is 7.40. The molecule has 0 bridgehead atoms. The molecule has 0 aliphatic carbocycles. The van der Waals surface area contributed by atoms with Crippen molar-refractivity contribution in [1.29, 1.82) is 0 Å². The lowest BCUT2D eigenvalue weighted by atomic mass is 9.84. The normalized spacial score (nSPS) is 15.2. The summed E-state index contributed by atoms with van der Waals surface area (Å²) in [6, 6.07) is 22.8. The molecule has 1 fully saturated rings. The van der Waals surface area contributed by atoms with Gasteiger partial charge in [-0.25, -0.2) is 23.2 Å². The van der Waals surface area contributed by atoms with Crippen LogP contribution in [0.4, 0.5) is 23.7 Å². The number of benzene rings is 3. The molecule has 1 aromatic heterocycles. The zero-order valence-corrected chi connectivity index (χ0v) is 34.6. The van der Waals surface area contributed by atoms with Crippen LogP contribution in [0.15, 0.2) is 90.6 Å². The van der Waals surface area contributed by atoms with Crippen LogP contribution in [-0.4, -0.2) is 86.9 Å². The molecular formula is C41H46Cl2F3N5O5S. The molecule has 5 rings (SSSR count). The lowest BCUT2D eigenvalue weighted by Crippen LogP contribution is -2.43. The molecule has 10 nitrogen and oxygen atoms in total. The van der Waals surface area contributed by atoms with Crippen molar-refractivity contribution in [1.82, 2.24) is 14.2 Å². The second-order valence-corrected chi connectivity index (χ2v) is 17.1. The number of hydrogen-bond acceptors (Lipinski definition) is 8. The van der Waals surface area contributed by atoms with Gasteiger partial charge in [-0.2, -0.15) is 13.2 Å². The summed E-state index contributed by atoms with van der Waals surface area (Å²) in [5, 5.41) is 5.54. The molecule has 0 radical (unpaired) electrons. The maximum Gasteiger partial charge on any atom is 0.485 e. The number of aromatic nitrogens is 1. The van der Waals surface area contributed by atoms with E-state index in [0.29, 0.717) is 40.0 Å². The minimum atomic E-state index is -4.82. The number of rotatable bonds is 15. The SMILES string of the molecule is C=CN(C=NC)C(=O)OCC(C)(C)OCC(C)(C)Oc1cc(NC2CCN(S(=O)C(F)(F)F)CC2)c2cc(C(c3ccc(Cl)cc3)c3ccc(Cl)cc3)ccc2n1. The molecule has 1 amide bonds. The van der Waals surface area contributed by atoms with Crippen molar-refractivity contribution in [2.75, 3.05) is 38.7 Å². The summed E-state index contributed by atoms with van der Waals surface area (Å²) in [7, 11) is -1.55. The highest BCUT2D eigenvalue weighted by Crippen LogP contribution is 2.38. The first kappa shape index (κ1) is 43.9. The Morgan fingerprint density at radius 1 is 0.965 bits per heavy atom. The lowest BCUT2D eigenvalue weighted by molar-refractivity contribution is -0.104. The van der Waals surface area contributed by atoms with Gasteiger partial charge in [0.05, 0.1) is 24.1 Å². The third kappa shape index (κ3) is 11.9. The molecular weight excluding hydrogens is 802 g/mol. The predicted octanol–water partition coefficient (Wildman–Crippen LogP) is 9.97. The first-order valence-corrected chi connectivity index (χ1v) is 20.0. The van der Waals surface area contributed by atoms with Gasteiger partial charge in [0.25, 0.3) is 0 Å². The van der Waals surface area contributed by atoms with E-state index in [4.69, 9.17) is 42.4 Å². The second-order valence-electron chi connectivity index (χ2n) is 14.8. The molecule has 0 saturated carbocycles. The van der Waals surface area contributed by atoms with Crippen molar-refractivity contribution in [3.63, 3.8) is 0 Å². The van der Waals surface area contributed by atoms with Crippen molar-refractivity contribution in [3.8, 4) is 5.88 Å². The van der Waals surface area contributed by atoms with Crippen molar-refractivity contribution >= 4 is 63.2 Å². The number of carbonyl (C=O) groups is 1. The highest BCUT2D eigenvalue weighted by atomic mass is 35.5. The van der Waals surface area contributed by atoms with Crippen LogP contribution in [0.5, 0.6) is 5.88 Å². The Hall–Kier alpha value is -4.21. The number of carbonyl (C=O) groups excluding carboxylic acids is 1.